The first-order chi connectivity index (χ1) is 20.3. The van der Waals surface area contributed by atoms with E-state index in [4.69, 9.17) is 14.5 Å². The number of hydrogen-bond acceptors (Lipinski definition) is 8. The first-order valence-electron chi connectivity index (χ1n) is 15.5. The first-order valence-corrected chi connectivity index (χ1v) is 15.5. The van der Waals surface area contributed by atoms with Crippen molar-refractivity contribution in [2.24, 2.45) is 10.9 Å². The van der Waals surface area contributed by atoms with E-state index in [-0.39, 0.29) is 36.5 Å². The van der Waals surface area contributed by atoms with E-state index in [1.807, 2.05) is 31.5 Å². The Morgan fingerprint density at radius 3 is 2.69 bits per heavy atom. The summed E-state index contributed by atoms with van der Waals surface area (Å²) in [6, 6.07) is 5.52. The molecular weight excluding hydrogens is 532 g/mol. The van der Waals surface area contributed by atoms with Crippen LogP contribution in [0.15, 0.2) is 46.6 Å². The van der Waals surface area contributed by atoms with Crippen molar-refractivity contribution in [3.05, 3.63) is 59.2 Å². The first kappa shape index (κ1) is 34.0. The SMILES string of the molecule is CCCCC1[OH+][C-](CCc2ccc(O)c(OCC(NCC)C3=C[C+](C(C)C(CNC)NCC(C)O)C=N3)c2)C=C1CO. The Balaban J connectivity index is 1.59. The van der Waals surface area contributed by atoms with Gasteiger partial charge in [0.25, 0.3) is 0 Å². The largest absolute Gasteiger partial charge is 0.504 e. The van der Waals surface area contributed by atoms with Gasteiger partial charge in [0.2, 0.25) is 0 Å². The van der Waals surface area contributed by atoms with Gasteiger partial charge in [-0.15, -0.1) is 16.6 Å². The van der Waals surface area contributed by atoms with Gasteiger partial charge in [-0.3, -0.25) is 5.32 Å². The highest BCUT2D eigenvalue weighted by atomic mass is 16.5. The molecule has 9 heteroatoms. The second-order valence-electron chi connectivity index (χ2n) is 11.4. The Bertz CT molecular complexity index is 1040. The topological polar surface area (TPSA) is 131 Å². The maximum absolute atomic E-state index is 10.5. The van der Waals surface area contributed by atoms with Crippen LogP contribution in [0.4, 0.5) is 0 Å². The highest BCUT2D eigenvalue weighted by Gasteiger charge is 2.36. The van der Waals surface area contributed by atoms with Crippen molar-refractivity contribution in [2.75, 3.05) is 39.9 Å². The predicted octanol–water partition coefficient (Wildman–Crippen LogP) is 2.97. The maximum atomic E-state index is 10.5. The molecule has 0 spiro atoms. The van der Waals surface area contributed by atoms with E-state index < -0.39 is 6.10 Å². The van der Waals surface area contributed by atoms with E-state index in [0.717, 1.165) is 74.0 Å². The summed E-state index contributed by atoms with van der Waals surface area (Å²) in [6.07, 6.45) is 11.5. The second kappa shape index (κ2) is 17.6. The number of aryl methyl sites for hydroxylation is 1. The van der Waals surface area contributed by atoms with Crippen LogP contribution in [0.3, 0.4) is 0 Å². The lowest BCUT2D eigenvalue weighted by molar-refractivity contribution is -0.0550. The minimum atomic E-state index is -0.412. The number of nitrogens with zero attached hydrogens (tertiary/aromatic N) is 1. The van der Waals surface area contributed by atoms with E-state index in [9.17, 15) is 15.3 Å². The Morgan fingerprint density at radius 1 is 1.19 bits per heavy atom. The summed E-state index contributed by atoms with van der Waals surface area (Å²) in [5.74, 6) is 1.88. The Labute approximate surface area is 252 Å². The number of unbranched alkanes of at least 4 members (excludes halogenated alkanes) is 1. The highest BCUT2D eigenvalue weighted by Crippen LogP contribution is 2.32. The fourth-order valence-corrected chi connectivity index (χ4v) is 5.37. The Morgan fingerprint density at radius 2 is 2.00 bits per heavy atom. The second-order valence-corrected chi connectivity index (χ2v) is 11.4. The third-order valence-corrected chi connectivity index (χ3v) is 7.93. The van der Waals surface area contributed by atoms with Gasteiger partial charge in [-0.25, -0.2) is 0 Å². The number of allylic oxidation sites excluding steroid dienone is 1. The minimum Gasteiger partial charge on any atom is -0.504 e. The van der Waals surface area contributed by atoms with E-state index in [1.54, 1.807) is 13.0 Å². The number of aliphatic hydroxyl groups excluding tert-OH is 2. The molecule has 2 heterocycles. The lowest BCUT2D eigenvalue weighted by Gasteiger charge is -2.24. The Kier molecular flexibility index (Phi) is 14.2. The molecule has 0 aromatic heterocycles. The van der Waals surface area contributed by atoms with Crippen molar-refractivity contribution in [2.45, 2.75) is 84.1 Å². The van der Waals surface area contributed by atoms with Crippen molar-refractivity contribution in [3.63, 3.8) is 0 Å². The van der Waals surface area contributed by atoms with E-state index in [2.05, 4.69) is 42.8 Å². The predicted molar refractivity (Wildman–Crippen MR) is 170 cm³/mol. The van der Waals surface area contributed by atoms with Crippen LogP contribution < -0.4 is 20.7 Å². The number of aromatic hydroxyl groups is 1. The zero-order valence-electron chi connectivity index (χ0n) is 26.1. The van der Waals surface area contributed by atoms with Crippen LogP contribution in [-0.4, -0.2) is 90.5 Å². The number of likely N-dealkylation sites (N-methyl/N-ethyl adjacent to an activating group) is 2. The number of hydrogen-bond donors (Lipinski definition) is 6. The summed E-state index contributed by atoms with van der Waals surface area (Å²) in [6.45, 7) is 10.6. The van der Waals surface area contributed by atoms with Gasteiger partial charge in [0.05, 0.1) is 18.1 Å². The maximum Gasteiger partial charge on any atom is 0.196 e. The summed E-state index contributed by atoms with van der Waals surface area (Å²) in [4.78, 5) is 4.72. The molecule has 5 atom stereocenters. The lowest BCUT2D eigenvalue weighted by atomic mass is 9.88. The van der Waals surface area contributed by atoms with Crippen LogP contribution in [0.5, 0.6) is 11.5 Å². The summed E-state index contributed by atoms with van der Waals surface area (Å²) in [7, 11) is 1.93. The fraction of sp³-hybridized carbons (Fsp3) is 0.606. The van der Waals surface area contributed by atoms with Crippen molar-refractivity contribution in [1.29, 1.82) is 0 Å². The molecule has 0 saturated carbocycles. The summed E-state index contributed by atoms with van der Waals surface area (Å²) >= 11 is 0. The van der Waals surface area contributed by atoms with Crippen molar-refractivity contribution in [3.8, 4) is 11.5 Å². The third-order valence-electron chi connectivity index (χ3n) is 7.93. The van der Waals surface area contributed by atoms with Crippen molar-refractivity contribution >= 4 is 6.21 Å². The van der Waals surface area contributed by atoms with Gasteiger partial charge in [-0.1, -0.05) is 26.3 Å². The molecule has 0 saturated heterocycles. The zero-order valence-corrected chi connectivity index (χ0v) is 26.1. The minimum absolute atomic E-state index is 0.0561. The molecule has 0 amide bonds. The fourth-order valence-electron chi connectivity index (χ4n) is 5.37. The number of phenols is 1. The average molecular weight is 586 g/mol. The molecule has 0 aliphatic carbocycles. The third kappa shape index (κ3) is 10.0. The van der Waals surface area contributed by atoms with Crippen molar-refractivity contribution in [1.82, 2.24) is 16.0 Å². The van der Waals surface area contributed by atoms with Crippen LogP contribution in [0, 0.1) is 17.9 Å². The molecule has 1 aromatic rings. The molecule has 2 aliphatic rings. The highest BCUT2D eigenvalue weighted by molar-refractivity contribution is 5.83. The van der Waals surface area contributed by atoms with Crippen LogP contribution >= 0.6 is 0 Å². The van der Waals surface area contributed by atoms with Crippen molar-refractivity contribution < 1.29 is 24.8 Å². The molecule has 2 aliphatic heterocycles. The summed E-state index contributed by atoms with van der Waals surface area (Å²) in [5, 5.41) is 40.2. The average Bonchev–Trinajstić information content (AvgIpc) is 3.63. The van der Waals surface area contributed by atoms with Crippen LogP contribution in [0.25, 0.3) is 0 Å². The van der Waals surface area contributed by atoms with Crippen LogP contribution in [0.2, 0.25) is 0 Å². The zero-order chi connectivity index (χ0) is 30.5. The number of phenolic OH excluding ortho intramolecular Hbond substituents is 1. The molecule has 9 nitrogen and oxygen atoms in total. The van der Waals surface area contributed by atoms with Crippen LogP contribution in [-0.2, 0) is 6.42 Å². The number of ether oxygens (including phenoxy) is 2. The molecular formula is C33H53N4O5+. The molecule has 42 heavy (non-hydrogen) atoms. The molecule has 1 aromatic carbocycles. The molecule has 3 rings (SSSR count). The van der Waals surface area contributed by atoms with Gasteiger partial charge < -0.3 is 35.4 Å². The van der Waals surface area contributed by atoms with Gasteiger partial charge in [0.1, 0.15) is 30.9 Å². The Hall–Kier alpha value is -2.53. The molecule has 0 fully saturated rings. The molecule has 234 valence electrons. The molecule has 0 radical (unpaired) electrons. The molecule has 7 N–H and O–H groups in total. The van der Waals surface area contributed by atoms with Crippen LogP contribution in [0.1, 0.15) is 58.9 Å². The number of benzene rings is 1. The number of rotatable bonds is 20. The van der Waals surface area contributed by atoms with Gasteiger partial charge in [-0.05, 0) is 64.4 Å². The monoisotopic (exact) mass is 585 g/mol. The van der Waals surface area contributed by atoms with E-state index in [0.29, 0.717) is 18.9 Å². The molecule has 5 unspecified atom stereocenters. The number of aliphatic imine (C=N–C) groups is 1. The quantitative estimate of drug-likeness (QED) is 0.102. The van der Waals surface area contributed by atoms with E-state index in [1.165, 1.54) is 0 Å². The standard InChI is InChI=1S/C33H52N4O5/c1-6-8-9-32-26(20-38)15-27(42-32)12-10-24-11-13-31(40)33(14-24)41-21-30(35-7-2)28-16-25(18-37-28)23(4)29(19-34-5)36-17-22(3)39/h11,13-16,18,22-23,29-30,32,34-36,38-39,42H,6-10,12,17,19-21H2,1-5H3/p+1. The summed E-state index contributed by atoms with van der Waals surface area (Å²) < 4.78 is 11.0. The summed E-state index contributed by atoms with van der Waals surface area (Å²) in [5.41, 5.74) is 2.97. The van der Waals surface area contributed by atoms with Gasteiger partial charge in [0.15, 0.2) is 23.2 Å². The van der Waals surface area contributed by atoms with E-state index >= 15 is 0 Å². The normalized spacial score (nSPS) is 19.5. The smallest absolute Gasteiger partial charge is 0.196 e. The van der Waals surface area contributed by atoms with Gasteiger partial charge in [-0.2, -0.15) is 0 Å². The number of nitrogens with one attached hydrogen (secondary N) is 3. The number of aliphatic hydroxyl groups is 4. The van der Waals surface area contributed by atoms with Gasteiger partial charge in [0, 0.05) is 32.2 Å². The van der Waals surface area contributed by atoms with Gasteiger partial charge >= 0.3 is 0 Å². The molecule has 0 bridgehead atoms. The lowest BCUT2D eigenvalue weighted by Crippen LogP contribution is -2.46.